The van der Waals surface area contributed by atoms with Crippen molar-refractivity contribution in [1.29, 1.82) is 0 Å². The standard InChI is InChI=1S/C10H11N3O2S/c1-2-14-8(6-7-4-3-5-15-7)9-12-13-10(11)16-9/h3-6H,2H2,1H3,(H2,11,13)/b8-6-. The number of nitrogens with zero attached hydrogens (tertiary/aromatic N) is 2. The Morgan fingerprint density at radius 2 is 2.50 bits per heavy atom. The van der Waals surface area contributed by atoms with Gasteiger partial charge in [0.25, 0.3) is 0 Å². The molecule has 0 aliphatic carbocycles. The SMILES string of the molecule is CCO/C(=C\c1ccco1)c1nnc(N)s1. The van der Waals surface area contributed by atoms with E-state index < -0.39 is 0 Å². The third kappa shape index (κ3) is 2.40. The molecule has 0 aliphatic heterocycles. The molecule has 2 aromatic heterocycles. The van der Waals surface area contributed by atoms with E-state index in [4.69, 9.17) is 14.9 Å². The number of aromatic nitrogens is 2. The van der Waals surface area contributed by atoms with E-state index in [1.165, 1.54) is 11.3 Å². The van der Waals surface area contributed by atoms with Crippen LogP contribution in [0, 0.1) is 0 Å². The number of rotatable bonds is 4. The highest BCUT2D eigenvalue weighted by molar-refractivity contribution is 7.16. The van der Waals surface area contributed by atoms with Crippen molar-refractivity contribution in [1.82, 2.24) is 10.2 Å². The molecule has 0 amide bonds. The van der Waals surface area contributed by atoms with Crippen LogP contribution in [0.4, 0.5) is 5.13 Å². The molecule has 2 aromatic rings. The average Bonchev–Trinajstić information content (AvgIpc) is 2.88. The van der Waals surface area contributed by atoms with Crippen LogP contribution < -0.4 is 5.73 Å². The van der Waals surface area contributed by atoms with Gasteiger partial charge in [0.2, 0.25) is 5.13 Å². The van der Waals surface area contributed by atoms with E-state index >= 15 is 0 Å². The van der Waals surface area contributed by atoms with E-state index in [2.05, 4.69) is 10.2 Å². The van der Waals surface area contributed by atoms with E-state index in [0.717, 1.165) is 0 Å². The molecule has 5 nitrogen and oxygen atoms in total. The average molecular weight is 237 g/mol. The molecule has 16 heavy (non-hydrogen) atoms. The molecule has 2 heterocycles. The second-order valence-electron chi connectivity index (χ2n) is 2.90. The summed E-state index contributed by atoms with van der Waals surface area (Å²) in [4.78, 5) is 0. The topological polar surface area (TPSA) is 74.2 Å². The van der Waals surface area contributed by atoms with Gasteiger partial charge in [-0.25, -0.2) is 0 Å². The molecule has 0 fully saturated rings. The van der Waals surface area contributed by atoms with Gasteiger partial charge in [-0.3, -0.25) is 0 Å². The first-order chi connectivity index (χ1) is 7.79. The van der Waals surface area contributed by atoms with E-state index in [9.17, 15) is 0 Å². The number of furan rings is 1. The van der Waals surface area contributed by atoms with E-state index in [-0.39, 0.29) is 0 Å². The third-order valence-corrected chi connectivity index (χ3v) is 2.53. The van der Waals surface area contributed by atoms with Crippen molar-refractivity contribution in [3.63, 3.8) is 0 Å². The minimum atomic E-state index is 0.417. The van der Waals surface area contributed by atoms with Crippen molar-refractivity contribution in [3.05, 3.63) is 29.2 Å². The van der Waals surface area contributed by atoms with Crippen molar-refractivity contribution in [2.24, 2.45) is 0 Å². The van der Waals surface area contributed by atoms with Gasteiger partial charge in [-0.1, -0.05) is 11.3 Å². The quantitative estimate of drug-likeness (QED) is 0.825. The zero-order valence-electron chi connectivity index (χ0n) is 8.71. The summed E-state index contributed by atoms with van der Waals surface area (Å²) in [7, 11) is 0. The Hall–Kier alpha value is -1.82. The maximum atomic E-state index is 5.52. The van der Waals surface area contributed by atoms with Crippen LogP contribution in [-0.4, -0.2) is 16.8 Å². The molecule has 0 spiro atoms. The largest absolute Gasteiger partial charge is 0.491 e. The summed E-state index contributed by atoms with van der Waals surface area (Å²) in [6.07, 6.45) is 3.37. The van der Waals surface area contributed by atoms with Gasteiger partial charge in [0.15, 0.2) is 10.8 Å². The Kier molecular flexibility index (Phi) is 3.21. The van der Waals surface area contributed by atoms with Crippen molar-refractivity contribution in [3.8, 4) is 0 Å². The molecule has 0 saturated heterocycles. The van der Waals surface area contributed by atoms with Crippen LogP contribution in [0.2, 0.25) is 0 Å². The fraction of sp³-hybridized carbons (Fsp3) is 0.200. The number of ether oxygens (including phenoxy) is 1. The predicted molar refractivity (Wildman–Crippen MR) is 62.5 cm³/mol. The fourth-order valence-corrected chi connectivity index (χ4v) is 1.74. The number of hydrogen-bond acceptors (Lipinski definition) is 6. The van der Waals surface area contributed by atoms with Gasteiger partial charge in [0, 0.05) is 6.08 Å². The zero-order valence-corrected chi connectivity index (χ0v) is 9.53. The highest BCUT2D eigenvalue weighted by Crippen LogP contribution is 2.23. The van der Waals surface area contributed by atoms with E-state index in [0.29, 0.717) is 28.3 Å². The summed E-state index contributed by atoms with van der Waals surface area (Å²) >= 11 is 1.28. The monoisotopic (exact) mass is 237 g/mol. The fourth-order valence-electron chi connectivity index (χ4n) is 1.16. The van der Waals surface area contributed by atoms with Crippen molar-refractivity contribution < 1.29 is 9.15 Å². The first kappa shape index (κ1) is 10.7. The minimum Gasteiger partial charge on any atom is -0.491 e. The molecule has 0 radical (unpaired) electrons. The van der Waals surface area contributed by atoms with Crippen molar-refractivity contribution >= 4 is 28.3 Å². The molecular formula is C10H11N3O2S. The van der Waals surface area contributed by atoms with Crippen LogP contribution in [0.15, 0.2) is 22.8 Å². The zero-order chi connectivity index (χ0) is 11.4. The van der Waals surface area contributed by atoms with E-state index in [1.54, 1.807) is 12.3 Å². The Morgan fingerprint density at radius 1 is 1.62 bits per heavy atom. The molecule has 2 rings (SSSR count). The van der Waals surface area contributed by atoms with Crippen LogP contribution in [0.1, 0.15) is 17.7 Å². The predicted octanol–water partition coefficient (Wildman–Crippen LogP) is 2.25. The van der Waals surface area contributed by atoms with Gasteiger partial charge in [-0.2, -0.15) is 0 Å². The molecule has 0 atom stereocenters. The lowest BCUT2D eigenvalue weighted by molar-refractivity contribution is 0.299. The van der Waals surface area contributed by atoms with Crippen molar-refractivity contribution in [2.45, 2.75) is 6.92 Å². The molecule has 0 unspecified atom stereocenters. The lowest BCUT2D eigenvalue weighted by atomic mass is 10.3. The molecule has 84 valence electrons. The molecule has 0 bridgehead atoms. The first-order valence-electron chi connectivity index (χ1n) is 4.77. The second-order valence-corrected chi connectivity index (χ2v) is 3.91. The Labute approximate surface area is 96.6 Å². The molecular weight excluding hydrogens is 226 g/mol. The van der Waals surface area contributed by atoms with E-state index in [1.807, 2.05) is 19.1 Å². The Bertz CT molecular complexity index is 476. The van der Waals surface area contributed by atoms with Gasteiger partial charge < -0.3 is 14.9 Å². The molecule has 0 saturated carbocycles. The molecule has 0 aromatic carbocycles. The third-order valence-electron chi connectivity index (χ3n) is 1.77. The van der Waals surface area contributed by atoms with Crippen molar-refractivity contribution in [2.75, 3.05) is 12.3 Å². The van der Waals surface area contributed by atoms with Gasteiger partial charge in [0.05, 0.1) is 12.9 Å². The lowest BCUT2D eigenvalue weighted by Gasteiger charge is -2.03. The Morgan fingerprint density at radius 3 is 3.06 bits per heavy atom. The summed E-state index contributed by atoms with van der Waals surface area (Å²) in [5, 5.41) is 8.73. The van der Waals surface area contributed by atoms with Crippen LogP contribution >= 0.6 is 11.3 Å². The highest BCUT2D eigenvalue weighted by atomic mass is 32.1. The minimum absolute atomic E-state index is 0.417. The first-order valence-corrected chi connectivity index (χ1v) is 5.58. The number of anilines is 1. The molecule has 6 heteroatoms. The molecule has 2 N–H and O–H groups in total. The smallest absolute Gasteiger partial charge is 0.203 e. The van der Waals surface area contributed by atoms with Crippen LogP contribution in [0.5, 0.6) is 0 Å². The summed E-state index contributed by atoms with van der Waals surface area (Å²) in [6.45, 7) is 2.45. The summed E-state index contributed by atoms with van der Waals surface area (Å²) in [6, 6.07) is 3.65. The van der Waals surface area contributed by atoms with Gasteiger partial charge in [0.1, 0.15) is 5.76 Å². The van der Waals surface area contributed by atoms with Gasteiger partial charge >= 0.3 is 0 Å². The normalized spacial score (nSPS) is 11.7. The number of nitrogen functional groups attached to an aromatic ring is 1. The highest BCUT2D eigenvalue weighted by Gasteiger charge is 2.09. The van der Waals surface area contributed by atoms with Crippen LogP contribution in [-0.2, 0) is 4.74 Å². The lowest BCUT2D eigenvalue weighted by Crippen LogP contribution is -1.91. The Balaban J connectivity index is 2.30. The van der Waals surface area contributed by atoms with Gasteiger partial charge in [-0.15, -0.1) is 10.2 Å². The maximum Gasteiger partial charge on any atom is 0.203 e. The van der Waals surface area contributed by atoms with Gasteiger partial charge in [-0.05, 0) is 19.1 Å². The maximum absolute atomic E-state index is 5.52. The molecule has 0 aliphatic rings. The summed E-state index contributed by atoms with van der Waals surface area (Å²) in [5.74, 6) is 1.32. The number of hydrogen-bond donors (Lipinski definition) is 1. The van der Waals surface area contributed by atoms with Crippen LogP contribution in [0.3, 0.4) is 0 Å². The number of nitrogens with two attached hydrogens (primary N) is 1. The summed E-state index contributed by atoms with van der Waals surface area (Å²) in [5.41, 5.74) is 5.52. The van der Waals surface area contributed by atoms with Crippen LogP contribution in [0.25, 0.3) is 11.8 Å². The summed E-state index contributed by atoms with van der Waals surface area (Å²) < 4.78 is 10.7. The second kappa shape index (κ2) is 4.80.